The van der Waals surface area contributed by atoms with Gasteiger partial charge in [0, 0.05) is 2.74 Å². The van der Waals surface area contributed by atoms with Crippen molar-refractivity contribution in [3.05, 3.63) is 60.2 Å². The largest absolute Gasteiger partial charge is 0.330 e. The first kappa shape index (κ1) is 12.6. The van der Waals surface area contributed by atoms with Crippen LogP contribution in [0.3, 0.4) is 0 Å². The van der Waals surface area contributed by atoms with Gasteiger partial charge in [0.25, 0.3) is 0 Å². The first-order valence-corrected chi connectivity index (χ1v) is 7.91. The van der Waals surface area contributed by atoms with Crippen LogP contribution in [0, 0.1) is 0 Å². The molecule has 2 heteroatoms. The highest BCUT2D eigenvalue weighted by Gasteiger charge is 2.06. The van der Waals surface area contributed by atoms with Gasteiger partial charge in [-0.05, 0) is 72.0 Å². The van der Waals surface area contributed by atoms with Gasteiger partial charge in [-0.1, -0.05) is 48.5 Å². The van der Waals surface area contributed by atoms with Crippen LogP contribution in [0.25, 0.3) is 21.5 Å². The van der Waals surface area contributed by atoms with E-state index in [-0.39, 0.29) is 0 Å². The van der Waals surface area contributed by atoms with Crippen LogP contribution in [0.1, 0.15) is 21.1 Å². The Labute approximate surface area is 135 Å². The van der Waals surface area contributed by atoms with Crippen LogP contribution in [0.4, 0.5) is 0 Å². The van der Waals surface area contributed by atoms with Crippen LogP contribution in [0.15, 0.2) is 54.6 Å². The topological polar surface area (TPSA) is 38.0 Å². The van der Waals surface area contributed by atoms with Crippen molar-refractivity contribution in [1.29, 1.82) is 0 Å². The zero-order chi connectivity index (χ0) is 17.0. The molecule has 0 aromatic heterocycles. The van der Waals surface area contributed by atoms with E-state index in [1.165, 1.54) is 0 Å². The summed E-state index contributed by atoms with van der Waals surface area (Å²) in [6, 6.07) is 18.7. The molecule has 0 aliphatic rings. The third kappa shape index (κ3) is 3.29. The van der Waals surface area contributed by atoms with Crippen molar-refractivity contribution in [2.75, 3.05) is 19.6 Å². The average molecular weight is 294 g/mol. The van der Waals surface area contributed by atoms with Gasteiger partial charge in [-0.15, -0.1) is 0 Å². The molecule has 3 N–H and O–H groups in total. The normalized spacial score (nSPS) is 13.3. The van der Waals surface area contributed by atoms with Crippen molar-refractivity contribution >= 4 is 21.5 Å². The Kier molecular flexibility index (Phi) is 4.24. The van der Waals surface area contributed by atoms with Crippen molar-refractivity contribution in [2.45, 2.75) is 19.2 Å². The maximum absolute atomic E-state index is 8.42. The summed E-state index contributed by atoms with van der Waals surface area (Å²) in [5, 5.41) is 7.80. The highest BCUT2D eigenvalue weighted by atomic mass is 14.8. The lowest BCUT2D eigenvalue weighted by Gasteiger charge is -2.12. The van der Waals surface area contributed by atoms with Gasteiger partial charge in [-0.3, -0.25) is 0 Å². The molecule has 2 nitrogen and oxygen atoms in total. The van der Waals surface area contributed by atoms with Crippen molar-refractivity contribution in [3.63, 3.8) is 0 Å². The molecule has 114 valence electrons. The second-order valence-corrected chi connectivity index (χ2v) is 5.54. The second kappa shape index (κ2) is 7.39. The quantitative estimate of drug-likeness (QED) is 0.513. The molecule has 0 saturated carbocycles. The van der Waals surface area contributed by atoms with Crippen LogP contribution in [-0.2, 0) is 6.42 Å². The summed E-state index contributed by atoms with van der Waals surface area (Å²) < 4.78 is 16.8. The third-order valence-electron chi connectivity index (χ3n) is 3.99. The molecule has 22 heavy (non-hydrogen) atoms. The molecule has 3 aromatic rings. The number of benzene rings is 3. The Morgan fingerprint density at radius 3 is 2.18 bits per heavy atom. The maximum atomic E-state index is 8.42. The van der Waals surface area contributed by atoms with Gasteiger partial charge in [0.2, 0.25) is 0 Å². The van der Waals surface area contributed by atoms with Crippen molar-refractivity contribution in [2.24, 2.45) is 5.73 Å². The summed E-state index contributed by atoms with van der Waals surface area (Å²) in [4.78, 5) is 0. The number of hydrogen-bond donors (Lipinski definition) is 2. The van der Waals surface area contributed by atoms with Crippen molar-refractivity contribution in [3.8, 4) is 0 Å². The van der Waals surface area contributed by atoms with Crippen LogP contribution >= 0.6 is 0 Å². The molecule has 0 unspecified atom stereocenters. The van der Waals surface area contributed by atoms with Gasteiger partial charge in [-0.25, -0.2) is 0 Å². The minimum atomic E-state index is -1.30. The molecular formula is C20H24N2. The standard InChI is InChI=1S/C20H24N2/c21-12-6-14-22-13-5-11-20-18-9-3-1-7-16(18)15-17-8-2-4-10-19(17)20/h1-4,7-10,15,22H,5-6,11-14,21H2/i5D2. The van der Waals surface area contributed by atoms with Gasteiger partial charge >= 0.3 is 0 Å². The number of nitrogens with two attached hydrogens (primary N) is 1. The lowest BCUT2D eigenvalue weighted by molar-refractivity contribution is 0.628. The van der Waals surface area contributed by atoms with Crippen molar-refractivity contribution < 1.29 is 2.74 Å². The molecule has 0 radical (unpaired) electrons. The van der Waals surface area contributed by atoms with Gasteiger partial charge < -0.3 is 11.1 Å². The SMILES string of the molecule is [2H]C([2H])(CNCCCN)Cc1c2ccccc2cc2ccccc12. The molecule has 0 saturated heterocycles. The predicted molar refractivity (Wildman–Crippen MR) is 96.3 cm³/mol. The van der Waals surface area contributed by atoms with Crippen LogP contribution in [0.2, 0.25) is 0 Å². The van der Waals surface area contributed by atoms with E-state index in [1.807, 2.05) is 24.3 Å². The first-order valence-electron chi connectivity index (χ1n) is 8.91. The van der Waals surface area contributed by atoms with Crippen molar-refractivity contribution in [1.82, 2.24) is 5.32 Å². The molecular weight excluding hydrogens is 268 g/mol. The summed E-state index contributed by atoms with van der Waals surface area (Å²) in [6.07, 6.45) is -0.0424. The van der Waals surface area contributed by atoms with Gasteiger partial charge in [-0.2, -0.15) is 0 Å². The number of fused-ring (bicyclic) bond motifs is 2. The molecule has 3 rings (SSSR count). The minimum absolute atomic E-state index is 0.338. The van der Waals surface area contributed by atoms with E-state index in [2.05, 4.69) is 35.6 Å². The van der Waals surface area contributed by atoms with E-state index in [4.69, 9.17) is 8.48 Å². The Morgan fingerprint density at radius 1 is 0.909 bits per heavy atom. The van der Waals surface area contributed by atoms with Crippen LogP contribution < -0.4 is 11.1 Å². The van der Waals surface area contributed by atoms with E-state index in [0.29, 0.717) is 19.5 Å². The molecule has 0 fully saturated rings. The Hall–Kier alpha value is -1.90. The fourth-order valence-corrected chi connectivity index (χ4v) is 2.89. The molecule has 0 aliphatic carbocycles. The van der Waals surface area contributed by atoms with E-state index >= 15 is 0 Å². The fourth-order valence-electron chi connectivity index (χ4n) is 2.89. The number of nitrogens with one attached hydrogen (secondary N) is 1. The van der Waals surface area contributed by atoms with Gasteiger partial charge in [0.05, 0.1) is 0 Å². The Balaban J connectivity index is 1.97. The Morgan fingerprint density at radius 2 is 1.55 bits per heavy atom. The van der Waals surface area contributed by atoms with Gasteiger partial charge in [0.15, 0.2) is 0 Å². The molecule has 3 aromatic carbocycles. The third-order valence-corrected chi connectivity index (χ3v) is 3.99. The van der Waals surface area contributed by atoms with E-state index < -0.39 is 6.37 Å². The molecule has 0 atom stereocenters. The van der Waals surface area contributed by atoms with Crippen LogP contribution in [-0.4, -0.2) is 19.6 Å². The summed E-state index contributed by atoms with van der Waals surface area (Å²) in [6.45, 7) is 1.72. The zero-order valence-corrected chi connectivity index (χ0v) is 12.8. The summed E-state index contributed by atoms with van der Waals surface area (Å²) in [7, 11) is 0. The summed E-state index contributed by atoms with van der Waals surface area (Å²) in [5.74, 6) is 0. The number of aryl methyl sites for hydroxylation is 1. The lowest BCUT2D eigenvalue weighted by atomic mass is 9.94. The predicted octanol–water partition coefficient (Wildman–Crippen LogP) is 3.86. The number of hydrogen-bond acceptors (Lipinski definition) is 2. The molecule has 0 aliphatic heterocycles. The minimum Gasteiger partial charge on any atom is -0.330 e. The van der Waals surface area contributed by atoms with Crippen LogP contribution in [0.5, 0.6) is 0 Å². The van der Waals surface area contributed by atoms with Gasteiger partial charge in [0.1, 0.15) is 0 Å². The van der Waals surface area contributed by atoms with E-state index in [9.17, 15) is 0 Å². The number of rotatable bonds is 7. The second-order valence-electron chi connectivity index (χ2n) is 5.54. The lowest BCUT2D eigenvalue weighted by Crippen LogP contribution is -2.19. The average Bonchev–Trinajstić information content (AvgIpc) is 2.58. The maximum Gasteiger partial charge on any atom is 0.0283 e. The van der Waals surface area contributed by atoms with E-state index in [1.54, 1.807) is 0 Å². The highest BCUT2D eigenvalue weighted by Crippen LogP contribution is 2.29. The van der Waals surface area contributed by atoms with E-state index in [0.717, 1.165) is 40.1 Å². The fraction of sp³-hybridized carbons (Fsp3) is 0.300. The zero-order valence-electron chi connectivity index (χ0n) is 14.8. The molecule has 0 heterocycles. The highest BCUT2D eigenvalue weighted by molar-refractivity contribution is 6.02. The summed E-state index contributed by atoms with van der Waals surface area (Å²) >= 11 is 0. The molecule has 0 amide bonds. The first-order chi connectivity index (χ1) is 11.6. The molecule has 0 spiro atoms. The monoisotopic (exact) mass is 294 g/mol. The smallest absolute Gasteiger partial charge is 0.0283 e. The molecule has 0 bridgehead atoms. The summed E-state index contributed by atoms with van der Waals surface area (Å²) in [5.41, 5.74) is 6.58. The Bertz CT molecular complexity index is 776.